The van der Waals surface area contributed by atoms with Crippen LogP contribution in [0.2, 0.25) is 0 Å². The first-order valence-corrected chi connectivity index (χ1v) is 42.3. The van der Waals surface area contributed by atoms with Gasteiger partial charge < -0.3 is 28.5 Å². The van der Waals surface area contributed by atoms with Gasteiger partial charge in [0.05, 0.1) is 34.4 Å². The quantitative estimate of drug-likeness (QED) is 0.0211. The summed E-state index contributed by atoms with van der Waals surface area (Å²) in [6.45, 7) is 4.83. The van der Waals surface area contributed by atoms with Crippen LogP contribution in [0.25, 0.3) is 0 Å². The minimum Gasteiger partial charge on any atom is -0.477 e. The first kappa shape index (κ1) is 94.5. The van der Waals surface area contributed by atoms with Crippen molar-refractivity contribution in [3.05, 3.63) is 85.1 Å². The summed E-state index contributed by atoms with van der Waals surface area (Å²) in [7, 11) is 6.00. The van der Waals surface area contributed by atoms with Crippen LogP contribution in [0.1, 0.15) is 406 Å². The molecule has 0 aromatic heterocycles. The number of esters is 2. The highest BCUT2D eigenvalue weighted by Gasteiger charge is 2.25. The minimum absolute atomic E-state index is 0.179. The molecule has 9 nitrogen and oxygen atoms in total. The number of hydrogen-bond acceptors (Lipinski definition) is 7. The molecule has 0 saturated heterocycles. The van der Waals surface area contributed by atoms with E-state index in [0.29, 0.717) is 17.4 Å². The maximum absolute atomic E-state index is 13.0. The summed E-state index contributed by atoms with van der Waals surface area (Å²) in [5, 5.41) is 9.78. The SMILES string of the molecule is CC/C=C\C/C=C\C/C=C\C/C=C\C/C=C\C/C=C\C/C=C\CCCCCCCCCCCCCCCCCC(=O)OC(COC(=O)CCCCCCCCCCCCCCCCCCCCCCCCCCCCCCCCCCCCCC)COC(OCC[N+](C)(C)C)C(=O)O. The number of rotatable bonds is 79. The molecule has 0 aliphatic carbocycles. The Hall–Kier alpha value is -3.53. The molecule has 570 valence electrons. The fourth-order valence-corrected chi connectivity index (χ4v) is 12.5. The fourth-order valence-electron chi connectivity index (χ4n) is 12.5. The van der Waals surface area contributed by atoms with Crippen molar-refractivity contribution < 1.29 is 42.9 Å². The lowest BCUT2D eigenvalue weighted by atomic mass is 10.0. The van der Waals surface area contributed by atoms with Crippen molar-refractivity contribution in [1.29, 1.82) is 0 Å². The van der Waals surface area contributed by atoms with E-state index in [0.717, 1.165) is 83.5 Å². The molecule has 0 radical (unpaired) electrons. The lowest BCUT2D eigenvalue weighted by Crippen LogP contribution is -2.40. The van der Waals surface area contributed by atoms with Crippen molar-refractivity contribution in [2.75, 3.05) is 47.5 Å². The number of quaternary nitrogens is 1. The van der Waals surface area contributed by atoms with E-state index in [2.05, 4.69) is 98.9 Å². The van der Waals surface area contributed by atoms with Crippen LogP contribution in [0, 0.1) is 0 Å². The summed E-state index contributed by atoms with van der Waals surface area (Å²) in [4.78, 5) is 37.8. The molecule has 9 heteroatoms. The number of allylic oxidation sites excluding steroid dienone is 14. The zero-order valence-electron chi connectivity index (χ0n) is 65.5. The topological polar surface area (TPSA) is 108 Å². The highest BCUT2D eigenvalue weighted by molar-refractivity contribution is 5.71. The third kappa shape index (κ3) is 79.8. The van der Waals surface area contributed by atoms with Gasteiger partial charge in [-0.25, -0.2) is 4.79 Å². The van der Waals surface area contributed by atoms with Crippen molar-refractivity contribution in [2.24, 2.45) is 0 Å². The lowest BCUT2D eigenvalue weighted by molar-refractivity contribution is -0.870. The van der Waals surface area contributed by atoms with Crippen LogP contribution in [-0.2, 0) is 33.3 Å². The second-order valence-electron chi connectivity index (χ2n) is 29.8. The van der Waals surface area contributed by atoms with E-state index in [1.54, 1.807) is 0 Å². The average Bonchev–Trinajstić information content (AvgIpc) is 1.26. The molecule has 0 aliphatic heterocycles. The molecule has 0 aromatic carbocycles. The molecule has 0 aromatic rings. The normalized spacial score (nSPS) is 13.0. The van der Waals surface area contributed by atoms with Crippen molar-refractivity contribution >= 4 is 17.9 Å². The Morgan fingerprint density at radius 1 is 0.316 bits per heavy atom. The Bertz CT molecular complexity index is 1890. The highest BCUT2D eigenvalue weighted by Crippen LogP contribution is 2.20. The van der Waals surface area contributed by atoms with Crippen LogP contribution >= 0.6 is 0 Å². The van der Waals surface area contributed by atoms with E-state index < -0.39 is 18.4 Å². The van der Waals surface area contributed by atoms with Gasteiger partial charge in [0.1, 0.15) is 13.2 Å². The zero-order valence-corrected chi connectivity index (χ0v) is 65.5. The van der Waals surface area contributed by atoms with Gasteiger partial charge in [-0.05, 0) is 70.6 Å². The molecule has 0 saturated carbocycles. The molecular weight excluding hydrogens is 1210 g/mol. The summed E-state index contributed by atoms with van der Waals surface area (Å²) in [6, 6.07) is 0. The predicted molar refractivity (Wildman–Crippen MR) is 424 cm³/mol. The molecule has 0 spiro atoms. The summed E-state index contributed by atoms with van der Waals surface area (Å²) < 4.78 is 23.1. The molecule has 0 aliphatic rings. The Morgan fingerprint density at radius 3 is 0.867 bits per heavy atom. The van der Waals surface area contributed by atoms with Crippen LogP contribution in [0.5, 0.6) is 0 Å². The molecule has 0 fully saturated rings. The van der Waals surface area contributed by atoms with E-state index in [4.69, 9.17) is 18.9 Å². The standard InChI is InChI=1S/C89H161NO8/c1-6-8-10-12-14-16-18-20-22-24-26-28-30-32-34-36-38-40-42-44-46-48-50-52-54-56-58-60-62-64-66-68-70-72-74-76-78-80-87(92)98-85(84-97-89(88(93)94)95-82-81-90(3,4)5)83-96-86(91)79-77-75-73-71-69-67-65-63-61-59-57-55-53-51-49-47-45-43-41-39-37-35-33-31-29-27-25-23-21-19-17-15-13-11-9-7-2/h8,10,14,16,20,22,26,28,32,34,38,40,44,46,85,89H,6-7,9,11-13,15,17-19,21,23-25,27,29-31,33,35-37,39,41-43,45,47-84H2,1-5H3/p+1/b10-8-,16-14-,22-20-,28-26-,34-32-,40-38-,46-44-. The summed E-state index contributed by atoms with van der Waals surface area (Å²) in [6.07, 6.45) is 106. The van der Waals surface area contributed by atoms with Gasteiger partial charge in [0.25, 0.3) is 6.29 Å². The summed E-state index contributed by atoms with van der Waals surface area (Å²) in [5.41, 5.74) is 0. The Labute approximate surface area is 608 Å². The van der Waals surface area contributed by atoms with Crippen LogP contribution in [-0.4, -0.2) is 87.4 Å². The van der Waals surface area contributed by atoms with Gasteiger partial charge in [0.2, 0.25) is 0 Å². The number of ether oxygens (including phenoxy) is 4. The number of carbonyl (C=O) groups is 3. The molecule has 2 unspecified atom stereocenters. The average molecular weight is 1370 g/mol. The monoisotopic (exact) mass is 1370 g/mol. The number of carboxylic acids is 1. The van der Waals surface area contributed by atoms with E-state index in [1.165, 1.54) is 295 Å². The molecular formula is C89H162NO8+. The number of hydrogen-bond donors (Lipinski definition) is 1. The number of carbonyl (C=O) groups excluding carboxylic acids is 2. The third-order valence-electron chi connectivity index (χ3n) is 18.9. The zero-order chi connectivity index (χ0) is 71.1. The van der Waals surface area contributed by atoms with Crippen LogP contribution in [0.15, 0.2) is 85.1 Å². The van der Waals surface area contributed by atoms with E-state index >= 15 is 0 Å². The first-order valence-electron chi connectivity index (χ1n) is 42.3. The van der Waals surface area contributed by atoms with Gasteiger partial charge in [0.15, 0.2) is 6.10 Å². The lowest BCUT2D eigenvalue weighted by Gasteiger charge is -2.25. The predicted octanol–water partition coefficient (Wildman–Crippen LogP) is 27.3. The molecule has 0 bridgehead atoms. The summed E-state index contributed by atoms with van der Waals surface area (Å²) in [5.74, 6) is -1.98. The van der Waals surface area contributed by atoms with Gasteiger partial charge >= 0.3 is 17.9 Å². The van der Waals surface area contributed by atoms with E-state index in [-0.39, 0.29) is 38.2 Å². The molecule has 0 amide bonds. The fraction of sp³-hybridized carbons (Fsp3) is 0.809. The molecule has 0 rings (SSSR count). The van der Waals surface area contributed by atoms with Gasteiger partial charge in [-0.15, -0.1) is 0 Å². The van der Waals surface area contributed by atoms with Crippen molar-refractivity contribution in [3.8, 4) is 0 Å². The largest absolute Gasteiger partial charge is 0.477 e. The number of aliphatic carboxylic acids is 1. The van der Waals surface area contributed by atoms with Gasteiger partial charge in [-0.2, -0.15) is 0 Å². The number of nitrogens with zero attached hydrogens (tertiary/aromatic N) is 1. The van der Waals surface area contributed by atoms with Crippen molar-refractivity contribution in [3.63, 3.8) is 0 Å². The van der Waals surface area contributed by atoms with Gasteiger partial charge in [0, 0.05) is 12.8 Å². The number of unbranched alkanes of at least 4 members (excludes halogenated alkanes) is 50. The van der Waals surface area contributed by atoms with Crippen LogP contribution in [0.3, 0.4) is 0 Å². The minimum atomic E-state index is -1.51. The second kappa shape index (κ2) is 79.2. The first-order chi connectivity index (χ1) is 48.1. The molecule has 2 atom stereocenters. The van der Waals surface area contributed by atoms with E-state index in [9.17, 15) is 19.5 Å². The highest BCUT2D eigenvalue weighted by atomic mass is 16.7. The molecule has 1 N–H and O–H groups in total. The third-order valence-corrected chi connectivity index (χ3v) is 18.9. The van der Waals surface area contributed by atoms with Gasteiger partial charge in [-0.1, -0.05) is 407 Å². The Morgan fingerprint density at radius 2 is 0.582 bits per heavy atom. The summed E-state index contributed by atoms with van der Waals surface area (Å²) >= 11 is 0. The van der Waals surface area contributed by atoms with E-state index in [1.807, 2.05) is 21.1 Å². The van der Waals surface area contributed by atoms with Crippen molar-refractivity contribution in [2.45, 2.75) is 418 Å². The molecule has 0 heterocycles. The van der Waals surface area contributed by atoms with Crippen LogP contribution < -0.4 is 0 Å². The van der Waals surface area contributed by atoms with Crippen LogP contribution in [0.4, 0.5) is 0 Å². The maximum atomic E-state index is 13.0. The number of likely N-dealkylation sites (N-methyl/N-ethyl adjacent to an activating group) is 1. The van der Waals surface area contributed by atoms with Crippen molar-refractivity contribution in [1.82, 2.24) is 0 Å². The smallest absolute Gasteiger partial charge is 0.361 e. The second-order valence-corrected chi connectivity index (χ2v) is 29.8. The van der Waals surface area contributed by atoms with Gasteiger partial charge in [-0.3, -0.25) is 9.59 Å². The molecule has 98 heavy (non-hydrogen) atoms. The Balaban J connectivity index is 3.97. The maximum Gasteiger partial charge on any atom is 0.361 e. The Kier molecular flexibility index (Phi) is 76.3. The number of carboxylic acid groups (broad SMARTS) is 1.